The smallest absolute Gasteiger partial charge is 0.239 e. The van der Waals surface area contributed by atoms with Crippen LogP contribution in [0.15, 0.2) is 24.3 Å². The lowest BCUT2D eigenvalue weighted by Gasteiger charge is -2.21. The summed E-state index contributed by atoms with van der Waals surface area (Å²) in [5.41, 5.74) is 1.84. The van der Waals surface area contributed by atoms with Gasteiger partial charge in [0, 0.05) is 19.8 Å². The summed E-state index contributed by atoms with van der Waals surface area (Å²) < 4.78 is 0. The van der Waals surface area contributed by atoms with E-state index in [1.807, 2.05) is 31.2 Å². The molecule has 23 heavy (non-hydrogen) atoms. The highest BCUT2D eigenvalue weighted by atomic mass is 16.2. The van der Waals surface area contributed by atoms with Crippen molar-refractivity contribution >= 4 is 23.4 Å². The number of amides is 3. The van der Waals surface area contributed by atoms with Gasteiger partial charge in [-0.25, -0.2) is 0 Å². The van der Waals surface area contributed by atoms with Crippen molar-refractivity contribution in [2.24, 2.45) is 0 Å². The van der Waals surface area contributed by atoms with Gasteiger partial charge in [0.25, 0.3) is 0 Å². The number of aryl methyl sites for hydroxylation is 1. The zero-order chi connectivity index (χ0) is 17.4. The largest absolute Gasteiger partial charge is 0.358 e. The molecule has 0 radical (unpaired) electrons. The molecule has 2 N–H and O–H groups in total. The first-order valence-corrected chi connectivity index (χ1v) is 7.31. The van der Waals surface area contributed by atoms with E-state index in [2.05, 4.69) is 10.6 Å². The quantitative estimate of drug-likeness (QED) is 0.745. The van der Waals surface area contributed by atoms with Gasteiger partial charge in [-0.1, -0.05) is 17.7 Å². The number of nitrogens with one attached hydrogen (secondary N) is 2. The Morgan fingerprint density at radius 3 is 2.13 bits per heavy atom. The fourth-order valence-electron chi connectivity index (χ4n) is 1.87. The van der Waals surface area contributed by atoms with Gasteiger partial charge < -0.3 is 15.5 Å². The lowest BCUT2D eigenvalue weighted by atomic mass is 10.2. The second kappa shape index (κ2) is 8.89. The standard InChI is InChI=1S/C16H24N4O3/c1-12-5-7-13(8-6-12)18-15(22)9-19(3)11-16(23)20(4)10-14(21)17-2/h5-8H,9-11H2,1-4H3,(H,17,21)(H,18,22). The summed E-state index contributed by atoms with van der Waals surface area (Å²) in [4.78, 5) is 38.1. The summed E-state index contributed by atoms with van der Waals surface area (Å²) in [6, 6.07) is 7.48. The van der Waals surface area contributed by atoms with E-state index < -0.39 is 0 Å². The van der Waals surface area contributed by atoms with Crippen molar-refractivity contribution in [3.8, 4) is 0 Å². The minimum atomic E-state index is -0.236. The average Bonchev–Trinajstić information content (AvgIpc) is 2.48. The minimum Gasteiger partial charge on any atom is -0.358 e. The molecule has 3 amide bonds. The van der Waals surface area contributed by atoms with Crippen molar-refractivity contribution < 1.29 is 14.4 Å². The van der Waals surface area contributed by atoms with Crippen LogP contribution in [0.2, 0.25) is 0 Å². The van der Waals surface area contributed by atoms with Crippen LogP contribution in [0.25, 0.3) is 0 Å². The molecule has 0 saturated carbocycles. The SMILES string of the molecule is CNC(=O)CN(C)C(=O)CN(C)CC(=O)Nc1ccc(C)cc1. The Kier molecular flexibility index (Phi) is 7.21. The van der Waals surface area contributed by atoms with Crippen molar-refractivity contribution in [3.05, 3.63) is 29.8 Å². The molecule has 0 aliphatic carbocycles. The monoisotopic (exact) mass is 320 g/mol. The van der Waals surface area contributed by atoms with Gasteiger partial charge in [0.05, 0.1) is 19.6 Å². The van der Waals surface area contributed by atoms with Gasteiger partial charge in [-0.15, -0.1) is 0 Å². The molecule has 0 saturated heterocycles. The highest BCUT2D eigenvalue weighted by Crippen LogP contribution is 2.08. The van der Waals surface area contributed by atoms with E-state index in [1.165, 1.54) is 11.9 Å². The molecule has 0 atom stereocenters. The van der Waals surface area contributed by atoms with E-state index in [-0.39, 0.29) is 37.4 Å². The zero-order valence-corrected chi connectivity index (χ0v) is 14.0. The molecule has 0 unspecified atom stereocenters. The number of likely N-dealkylation sites (N-methyl/N-ethyl adjacent to an activating group) is 3. The third-order valence-electron chi connectivity index (χ3n) is 3.24. The molecule has 126 valence electrons. The maximum Gasteiger partial charge on any atom is 0.239 e. The van der Waals surface area contributed by atoms with Crippen molar-refractivity contribution in [2.75, 3.05) is 46.1 Å². The lowest BCUT2D eigenvalue weighted by Crippen LogP contribution is -2.43. The molecule has 0 aromatic heterocycles. The molecule has 0 spiro atoms. The van der Waals surface area contributed by atoms with E-state index in [0.717, 1.165) is 11.3 Å². The first-order valence-electron chi connectivity index (χ1n) is 7.31. The Hall–Kier alpha value is -2.41. The number of carbonyl (C=O) groups is 3. The molecule has 0 heterocycles. The summed E-state index contributed by atoms with van der Waals surface area (Å²) in [6.45, 7) is 2.13. The summed E-state index contributed by atoms with van der Waals surface area (Å²) in [5, 5.41) is 5.23. The summed E-state index contributed by atoms with van der Waals surface area (Å²) >= 11 is 0. The Bertz CT molecular complexity index is 557. The van der Waals surface area contributed by atoms with Crippen molar-refractivity contribution in [1.82, 2.24) is 15.1 Å². The van der Waals surface area contributed by atoms with Gasteiger partial charge in [0.2, 0.25) is 17.7 Å². The molecule has 7 heteroatoms. The van der Waals surface area contributed by atoms with Gasteiger partial charge in [-0.2, -0.15) is 0 Å². The fraction of sp³-hybridized carbons (Fsp3) is 0.438. The Morgan fingerprint density at radius 2 is 1.57 bits per heavy atom. The van der Waals surface area contributed by atoms with E-state index in [4.69, 9.17) is 0 Å². The number of carbonyl (C=O) groups excluding carboxylic acids is 3. The van der Waals surface area contributed by atoms with Crippen molar-refractivity contribution in [3.63, 3.8) is 0 Å². The van der Waals surface area contributed by atoms with Crippen LogP contribution in [0.5, 0.6) is 0 Å². The third kappa shape index (κ3) is 6.92. The number of benzene rings is 1. The Labute approximate surface area is 136 Å². The van der Waals surface area contributed by atoms with Gasteiger partial charge in [0.15, 0.2) is 0 Å². The van der Waals surface area contributed by atoms with Crippen LogP contribution >= 0.6 is 0 Å². The molecule has 0 aliphatic rings. The van der Waals surface area contributed by atoms with Crippen molar-refractivity contribution in [1.29, 1.82) is 0 Å². The van der Waals surface area contributed by atoms with Crippen LogP contribution in [-0.4, -0.2) is 68.3 Å². The van der Waals surface area contributed by atoms with Crippen LogP contribution < -0.4 is 10.6 Å². The summed E-state index contributed by atoms with van der Waals surface area (Å²) in [5.74, 6) is -0.655. The molecular weight excluding hydrogens is 296 g/mol. The fourth-order valence-corrected chi connectivity index (χ4v) is 1.87. The molecule has 0 bridgehead atoms. The maximum absolute atomic E-state index is 12.0. The Morgan fingerprint density at radius 1 is 0.957 bits per heavy atom. The molecule has 7 nitrogen and oxygen atoms in total. The first kappa shape index (κ1) is 18.6. The first-order chi connectivity index (χ1) is 10.8. The summed E-state index contributed by atoms with van der Waals surface area (Å²) in [6.07, 6.45) is 0. The highest BCUT2D eigenvalue weighted by molar-refractivity contribution is 5.92. The van der Waals surface area contributed by atoms with E-state index in [9.17, 15) is 14.4 Å². The van der Waals surface area contributed by atoms with Crippen LogP contribution in [-0.2, 0) is 14.4 Å². The van der Waals surface area contributed by atoms with Crippen LogP contribution in [0.4, 0.5) is 5.69 Å². The van der Waals surface area contributed by atoms with E-state index in [1.54, 1.807) is 19.0 Å². The maximum atomic E-state index is 12.0. The zero-order valence-electron chi connectivity index (χ0n) is 14.0. The number of anilines is 1. The molecule has 0 aliphatic heterocycles. The molecule has 1 aromatic carbocycles. The molecular formula is C16H24N4O3. The molecule has 1 rings (SSSR count). The summed E-state index contributed by atoms with van der Waals surface area (Å²) in [7, 11) is 4.75. The number of hydrogen-bond donors (Lipinski definition) is 2. The van der Waals surface area contributed by atoms with Crippen molar-refractivity contribution in [2.45, 2.75) is 6.92 Å². The molecule has 1 aromatic rings. The van der Waals surface area contributed by atoms with Crippen LogP contribution in [0.1, 0.15) is 5.56 Å². The highest BCUT2D eigenvalue weighted by Gasteiger charge is 2.16. The van der Waals surface area contributed by atoms with Crippen LogP contribution in [0, 0.1) is 6.92 Å². The normalized spacial score (nSPS) is 10.3. The van der Waals surface area contributed by atoms with E-state index in [0.29, 0.717) is 0 Å². The average molecular weight is 320 g/mol. The Balaban J connectivity index is 2.41. The van der Waals surface area contributed by atoms with Gasteiger partial charge >= 0.3 is 0 Å². The number of nitrogens with zero attached hydrogens (tertiary/aromatic N) is 2. The number of hydrogen-bond acceptors (Lipinski definition) is 4. The predicted octanol–water partition coefficient (Wildman–Crippen LogP) is 0.0697. The topological polar surface area (TPSA) is 81.8 Å². The lowest BCUT2D eigenvalue weighted by molar-refractivity contribution is -0.135. The second-order valence-electron chi connectivity index (χ2n) is 5.51. The predicted molar refractivity (Wildman–Crippen MR) is 89.0 cm³/mol. The van der Waals surface area contributed by atoms with Gasteiger partial charge in [0.1, 0.15) is 0 Å². The third-order valence-corrected chi connectivity index (χ3v) is 3.24. The van der Waals surface area contributed by atoms with E-state index >= 15 is 0 Å². The number of rotatable bonds is 7. The van der Waals surface area contributed by atoms with Gasteiger partial charge in [-0.3, -0.25) is 19.3 Å². The minimum absolute atomic E-state index is 0.00125. The molecule has 0 fully saturated rings. The van der Waals surface area contributed by atoms with Gasteiger partial charge in [-0.05, 0) is 26.1 Å². The van der Waals surface area contributed by atoms with Crippen LogP contribution in [0.3, 0.4) is 0 Å². The second-order valence-corrected chi connectivity index (χ2v) is 5.51.